The molecule has 4 rings (SSSR count). The van der Waals surface area contributed by atoms with Gasteiger partial charge in [-0.15, -0.1) is 0 Å². The van der Waals surface area contributed by atoms with E-state index in [1.165, 1.54) is 19.1 Å². The Morgan fingerprint density at radius 3 is 2.38 bits per heavy atom. The highest BCUT2D eigenvalue weighted by Crippen LogP contribution is 2.31. The number of hydrogen-bond donors (Lipinski definition) is 0. The molecule has 0 spiro atoms. The predicted octanol–water partition coefficient (Wildman–Crippen LogP) is 3.18. The molecule has 2 aromatic rings. The molecule has 2 amide bonds. The van der Waals surface area contributed by atoms with E-state index in [0.717, 1.165) is 10.5 Å². The lowest BCUT2D eigenvalue weighted by atomic mass is 9.92. The van der Waals surface area contributed by atoms with E-state index in [1.54, 1.807) is 42.5 Å². The monoisotopic (exact) mass is 480 g/mol. The Morgan fingerprint density at radius 1 is 1.12 bits per heavy atom. The van der Waals surface area contributed by atoms with E-state index in [2.05, 4.69) is 0 Å². The molecule has 7 nitrogen and oxygen atoms in total. The Labute approximate surface area is 196 Å². The summed E-state index contributed by atoms with van der Waals surface area (Å²) >= 11 is 0. The van der Waals surface area contributed by atoms with Gasteiger partial charge < -0.3 is 4.74 Å². The molecule has 1 fully saturated rings. The van der Waals surface area contributed by atoms with Crippen molar-refractivity contribution in [2.24, 2.45) is 0 Å². The van der Waals surface area contributed by atoms with Crippen LogP contribution in [0, 0.1) is 17.1 Å². The summed E-state index contributed by atoms with van der Waals surface area (Å²) in [4.78, 5) is 26.9. The predicted molar refractivity (Wildman–Crippen MR) is 122 cm³/mol. The van der Waals surface area contributed by atoms with Gasteiger partial charge in [-0.2, -0.15) is 5.26 Å². The molecule has 9 heteroatoms. The first-order valence-electron chi connectivity index (χ1n) is 10.6. The van der Waals surface area contributed by atoms with Gasteiger partial charge in [0.1, 0.15) is 29.8 Å². The van der Waals surface area contributed by atoms with Crippen LogP contribution < -0.4 is 4.74 Å². The van der Waals surface area contributed by atoms with Crippen molar-refractivity contribution < 1.29 is 27.1 Å². The summed E-state index contributed by atoms with van der Waals surface area (Å²) < 4.78 is 42.5. The van der Waals surface area contributed by atoms with Crippen LogP contribution in [0.1, 0.15) is 24.5 Å². The quantitative estimate of drug-likeness (QED) is 0.481. The van der Waals surface area contributed by atoms with Gasteiger partial charge in [-0.25, -0.2) is 12.8 Å². The van der Waals surface area contributed by atoms with Crippen molar-refractivity contribution in [2.75, 3.05) is 11.5 Å². The number of imide groups is 1. The summed E-state index contributed by atoms with van der Waals surface area (Å²) in [5, 5.41) is 9.52. The van der Waals surface area contributed by atoms with Crippen LogP contribution in [0.5, 0.6) is 5.75 Å². The first-order chi connectivity index (χ1) is 16.2. The number of amides is 2. The van der Waals surface area contributed by atoms with Crippen molar-refractivity contribution >= 4 is 27.7 Å². The van der Waals surface area contributed by atoms with Crippen LogP contribution in [0.3, 0.4) is 0 Å². The molecule has 0 N–H and O–H groups in total. The second-order valence-corrected chi connectivity index (χ2v) is 10.4. The third-order valence-electron chi connectivity index (χ3n) is 5.86. The number of halogens is 1. The number of rotatable bonds is 5. The fourth-order valence-corrected chi connectivity index (χ4v) is 5.68. The maximum atomic E-state index is 13.2. The molecule has 0 saturated carbocycles. The van der Waals surface area contributed by atoms with Crippen LogP contribution >= 0.6 is 0 Å². The summed E-state index contributed by atoms with van der Waals surface area (Å²) in [7, 11) is -3.34. The number of carbonyl (C=O) groups excluding carboxylic acids is 2. The van der Waals surface area contributed by atoms with E-state index in [1.807, 2.05) is 6.07 Å². The summed E-state index contributed by atoms with van der Waals surface area (Å²) in [5.41, 5.74) is 1.70. The fourth-order valence-electron chi connectivity index (χ4n) is 3.98. The van der Waals surface area contributed by atoms with Gasteiger partial charge >= 0.3 is 0 Å². The molecule has 1 atom stereocenters. The second kappa shape index (κ2) is 9.23. The van der Waals surface area contributed by atoms with Gasteiger partial charge in [-0.3, -0.25) is 14.5 Å². The largest absolute Gasteiger partial charge is 0.489 e. The standard InChI is InChI=1S/C25H21FN2O5S/c1-16-22(24(29)28(25(30)23(16)13-27)20-10-11-34(31,32)15-20)12-17-4-8-21(9-5-17)33-14-18-2-6-19(26)7-3-18/h2-9,12,20H,10-11,14-15H2,1H3/b22-12+/t20-/m0/s1. The summed E-state index contributed by atoms with van der Waals surface area (Å²) in [6.45, 7) is 1.79. The third-order valence-corrected chi connectivity index (χ3v) is 7.61. The highest BCUT2D eigenvalue weighted by atomic mass is 32.2. The van der Waals surface area contributed by atoms with Crippen molar-refractivity contribution in [3.63, 3.8) is 0 Å². The number of hydrogen-bond acceptors (Lipinski definition) is 6. The number of nitriles is 1. The second-order valence-electron chi connectivity index (χ2n) is 8.19. The van der Waals surface area contributed by atoms with E-state index in [0.29, 0.717) is 11.3 Å². The van der Waals surface area contributed by atoms with Crippen LogP contribution in [-0.2, 0) is 26.0 Å². The SMILES string of the molecule is CC1=C(C#N)C(=O)N([C@H]2CCS(=O)(=O)C2)C(=O)/C1=C/c1ccc(OCc2ccc(F)cc2)cc1. The Bertz CT molecular complexity index is 1350. The number of nitrogens with zero attached hydrogens (tertiary/aromatic N) is 2. The Balaban J connectivity index is 1.57. The first-order valence-corrected chi connectivity index (χ1v) is 12.4. The summed E-state index contributed by atoms with van der Waals surface area (Å²) in [6.07, 6.45) is 1.73. The Hall–Kier alpha value is -3.77. The molecular formula is C25H21FN2O5S. The average molecular weight is 481 g/mol. The smallest absolute Gasteiger partial charge is 0.271 e. The average Bonchev–Trinajstić information content (AvgIpc) is 3.16. The van der Waals surface area contributed by atoms with Crippen molar-refractivity contribution in [1.29, 1.82) is 5.26 Å². The van der Waals surface area contributed by atoms with E-state index in [-0.39, 0.29) is 47.1 Å². The molecule has 0 aromatic heterocycles. The lowest BCUT2D eigenvalue weighted by molar-refractivity contribution is -0.142. The van der Waals surface area contributed by atoms with Crippen LogP contribution in [0.15, 0.2) is 65.3 Å². The molecule has 34 heavy (non-hydrogen) atoms. The minimum atomic E-state index is -3.34. The fraction of sp³-hybridized carbons (Fsp3) is 0.240. The van der Waals surface area contributed by atoms with Gasteiger partial charge in [0, 0.05) is 5.57 Å². The van der Waals surface area contributed by atoms with Crippen molar-refractivity contribution in [1.82, 2.24) is 4.90 Å². The van der Waals surface area contributed by atoms with Gasteiger partial charge in [0.2, 0.25) is 0 Å². The number of ether oxygens (including phenoxy) is 1. The molecule has 2 aliphatic rings. The van der Waals surface area contributed by atoms with Crippen molar-refractivity contribution in [3.05, 3.63) is 82.2 Å². The van der Waals surface area contributed by atoms with Gasteiger partial charge in [0.05, 0.1) is 17.5 Å². The third kappa shape index (κ3) is 4.77. The molecule has 2 aromatic carbocycles. The zero-order valence-corrected chi connectivity index (χ0v) is 19.1. The van der Waals surface area contributed by atoms with Crippen molar-refractivity contribution in [2.45, 2.75) is 26.0 Å². The molecule has 1 saturated heterocycles. The molecule has 174 valence electrons. The minimum absolute atomic E-state index is 0.0995. The molecule has 2 aliphatic heterocycles. The van der Waals surface area contributed by atoms with Crippen LogP contribution in [0.4, 0.5) is 4.39 Å². The van der Waals surface area contributed by atoms with Gasteiger partial charge in [0.15, 0.2) is 9.84 Å². The van der Waals surface area contributed by atoms with E-state index >= 15 is 0 Å². The number of benzene rings is 2. The number of sulfone groups is 1. The lowest BCUT2D eigenvalue weighted by Crippen LogP contribution is -2.49. The van der Waals surface area contributed by atoms with Gasteiger partial charge in [-0.05, 0) is 60.4 Å². The molecular weight excluding hydrogens is 459 g/mol. The van der Waals surface area contributed by atoms with Crippen molar-refractivity contribution in [3.8, 4) is 11.8 Å². The molecule has 0 radical (unpaired) electrons. The van der Waals surface area contributed by atoms with Crippen LogP contribution in [0.25, 0.3) is 6.08 Å². The van der Waals surface area contributed by atoms with Crippen LogP contribution in [0.2, 0.25) is 0 Å². The van der Waals surface area contributed by atoms with E-state index in [4.69, 9.17) is 4.74 Å². The number of carbonyl (C=O) groups is 2. The maximum absolute atomic E-state index is 13.2. The molecule has 2 heterocycles. The molecule has 0 bridgehead atoms. The van der Waals surface area contributed by atoms with E-state index in [9.17, 15) is 27.7 Å². The Kier molecular flexibility index (Phi) is 6.35. The van der Waals surface area contributed by atoms with Gasteiger partial charge in [0.25, 0.3) is 11.8 Å². The molecule has 0 unspecified atom stereocenters. The Morgan fingerprint density at radius 2 is 1.79 bits per heavy atom. The highest BCUT2D eigenvalue weighted by Gasteiger charge is 2.43. The first kappa shape index (κ1) is 23.4. The van der Waals surface area contributed by atoms with E-state index < -0.39 is 27.7 Å². The molecule has 0 aliphatic carbocycles. The normalized spacial score (nSPS) is 21.1. The maximum Gasteiger partial charge on any atom is 0.271 e. The summed E-state index contributed by atoms with van der Waals surface area (Å²) in [6, 6.07) is 13.9. The van der Waals surface area contributed by atoms with Crippen LogP contribution in [-0.4, -0.2) is 42.7 Å². The topological polar surface area (TPSA) is 105 Å². The zero-order chi connectivity index (χ0) is 24.5. The minimum Gasteiger partial charge on any atom is -0.489 e. The highest BCUT2D eigenvalue weighted by molar-refractivity contribution is 7.91. The summed E-state index contributed by atoms with van der Waals surface area (Å²) in [5.74, 6) is -1.52. The lowest BCUT2D eigenvalue weighted by Gasteiger charge is -2.31. The zero-order valence-electron chi connectivity index (χ0n) is 18.3. The van der Waals surface area contributed by atoms with Gasteiger partial charge in [-0.1, -0.05) is 24.3 Å².